The van der Waals surface area contributed by atoms with E-state index in [0.717, 1.165) is 38.8 Å². The number of rotatable bonds is 3. The quantitative estimate of drug-likeness (QED) is 0.758. The SMILES string of the molecule is CC(=O)N1CCN(CC2(O)CCCCCC2)CC(CO)C1. The summed E-state index contributed by atoms with van der Waals surface area (Å²) in [5.74, 6) is 0.161. The third-order valence-electron chi connectivity index (χ3n) is 4.94. The van der Waals surface area contributed by atoms with Gasteiger partial charge in [0.2, 0.25) is 5.91 Å². The molecule has 5 nitrogen and oxygen atoms in total. The second-order valence-corrected chi connectivity index (χ2v) is 6.89. The van der Waals surface area contributed by atoms with Crippen LogP contribution in [0, 0.1) is 5.92 Å². The molecule has 1 aliphatic carbocycles. The topological polar surface area (TPSA) is 64.0 Å². The van der Waals surface area contributed by atoms with Crippen LogP contribution in [-0.2, 0) is 4.79 Å². The van der Waals surface area contributed by atoms with Crippen LogP contribution in [0.1, 0.15) is 45.4 Å². The van der Waals surface area contributed by atoms with Crippen LogP contribution >= 0.6 is 0 Å². The molecule has 2 aliphatic rings. The molecule has 1 unspecified atom stereocenters. The van der Waals surface area contributed by atoms with E-state index in [1.165, 1.54) is 12.8 Å². The molecule has 2 fully saturated rings. The van der Waals surface area contributed by atoms with Gasteiger partial charge in [-0.15, -0.1) is 0 Å². The molecule has 1 atom stereocenters. The summed E-state index contributed by atoms with van der Waals surface area (Å²) in [6, 6.07) is 0. The van der Waals surface area contributed by atoms with Crippen molar-refractivity contribution in [2.24, 2.45) is 5.92 Å². The minimum absolute atomic E-state index is 0.0727. The van der Waals surface area contributed by atoms with Gasteiger partial charge in [0.05, 0.1) is 5.60 Å². The molecule has 1 saturated carbocycles. The highest BCUT2D eigenvalue weighted by Gasteiger charge is 2.32. The Morgan fingerprint density at radius 2 is 1.81 bits per heavy atom. The van der Waals surface area contributed by atoms with E-state index in [1.807, 2.05) is 4.90 Å². The summed E-state index contributed by atoms with van der Waals surface area (Å²) < 4.78 is 0. The van der Waals surface area contributed by atoms with Gasteiger partial charge in [-0.1, -0.05) is 25.7 Å². The molecule has 0 aromatic rings. The van der Waals surface area contributed by atoms with Gasteiger partial charge >= 0.3 is 0 Å². The molecule has 0 aromatic carbocycles. The fourth-order valence-corrected chi connectivity index (χ4v) is 3.69. The van der Waals surface area contributed by atoms with Crippen molar-refractivity contribution in [3.05, 3.63) is 0 Å². The maximum Gasteiger partial charge on any atom is 0.219 e. The number of hydrogen-bond acceptors (Lipinski definition) is 4. The van der Waals surface area contributed by atoms with Gasteiger partial charge in [0.25, 0.3) is 0 Å². The predicted octanol–water partition coefficient (Wildman–Crippen LogP) is 0.844. The first-order valence-electron chi connectivity index (χ1n) is 8.33. The molecule has 5 heteroatoms. The standard InChI is InChI=1S/C16H30N2O3/c1-14(20)18-9-8-17(10-15(11-18)12-19)13-16(21)6-4-2-3-5-7-16/h15,19,21H,2-13H2,1H3. The lowest BCUT2D eigenvalue weighted by atomic mass is 9.93. The van der Waals surface area contributed by atoms with E-state index in [9.17, 15) is 15.0 Å². The molecular formula is C16H30N2O3. The lowest BCUT2D eigenvalue weighted by Crippen LogP contribution is -2.45. The zero-order valence-electron chi connectivity index (χ0n) is 13.3. The van der Waals surface area contributed by atoms with Gasteiger partial charge in [-0.25, -0.2) is 0 Å². The highest BCUT2D eigenvalue weighted by atomic mass is 16.3. The fraction of sp³-hybridized carbons (Fsp3) is 0.938. The van der Waals surface area contributed by atoms with E-state index < -0.39 is 5.60 Å². The monoisotopic (exact) mass is 298 g/mol. The van der Waals surface area contributed by atoms with Crippen LogP contribution < -0.4 is 0 Å². The summed E-state index contributed by atoms with van der Waals surface area (Å²) in [5.41, 5.74) is -0.581. The first-order valence-corrected chi connectivity index (χ1v) is 8.33. The van der Waals surface area contributed by atoms with Gasteiger partial charge in [0.1, 0.15) is 0 Å². The van der Waals surface area contributed by atoms with E-state index in [-0.39, 0.29) is 18.4 Å². The summed E-state index contributed by atoms with van der Waals surface area (Å²) in [7, 11) is 0. The van der Waals surface area contributed by atoms with Crippen LogP contribution in [-0.4, -0.2) is 70.9 Å². The van der Waals surface area contributed by atoms with Crippen LogP contribution in [0.25, 0.3) is 0 Å². The Labute approximate surface area is 127 Å². The van der Waals surface area contributed by atoms with Crippen molar-refractivity contribution in [2.75, 3.05) is 39.3 Å². The number of aliphatic hydroxyl groups excluding tert-OH is 1. The van der Waals surface area contributed by atoms with Gasteiger partial charge in [0.15, 0.2) is 0 Å². The Bertz CT molecular complexity index is 340. The summed E-state index contributed by atoms with van der Waals surface area (Å²) >= 11 is 0. The van der Waals surface area contributed by atoms with Crippen LogP contribution in [0.3, 0.4) is 0 Å². The number of carbonyl (C=O) groups is 1. The highest BCUT2D eigenvalue weighted by Crippen LogP contribution is 2.28. The van der Waals surface area contributed by atoms with Crippen LogP contribution in [0.15, 0.2) is 0 Å². The van der Waals surface area contributed by atoms with E-state index in [4.69, 9.17) is 0 Å². The van der Waals surface area contributed by atoms with Crippen molar-refractivity contribution in [2.45, 2.75) is 51.0 Å². The van der Waals surface area contributed by atoms with Crippen LogP contribution in [0.4, 0.5) is 0 Å². The minimum Gasteiger partial charge on any atom is -0.396 e. The predicted molar refractivity (Wildman–Crippen MR) is 81.9 cm³/mol. The van der Waals surface area contributed by atoms with Crippen molar-refractivity contribution in [3.8, 4) is 0 Å². The summed E-state index contributed by atoms with van der Waals surface area (Å²) in [5, 5.41) is 20.4. The molecule has 1 saturated heterocycles. The molecule has 21 heavy (non-hydrogen) atoms. The molecule has 0 bridgehead atoms. The van der Waals surface area contributed by atoms with Gasteiger partial charge in [-0.2, -0.15) is 0 Å². The minimum atomic E-state index is -0.581. The third-order valence-corrected chi connectivity index (χ3v) is 4.94. The molecule has 0 radical (unpaired) electrons. The van der Waals surface area contributed by atoms with E-state index in [2.05, 4.69) is 4.90 Å². The van der Waals surface area contributed by atoms with Crippen molar-refractivity contribution in [3.63, 3.8) is 0 Å². The molecule has 0 aromatic heterocycles. The average molecular weight is 298 g/mol. The molecule has 122 valence electrons. The van der Waals surface area contributed by atoms with E-state index >= 15 is 0 Å². The zero-order chi connectivity index (χ0) is 15.3. The number of amides is 1. The summed E-state index contributed by atoms with van der Waals surface area (Å²) in [6.07, 6.45) is 6.41. The molecular weight excluding hydrogens is 268 g/mol. The van der Waals surface area contributed by atoms with Gasteiger partial charge in [-0.05, 0) is 12.8 Å². The average Bonchev–Trinajstić information content (AvgIpc) is 2.77. The smallest absolute Gasteiger partial charge is 0.219 e. The van der Waals surface area contributed by atoms with Crippen molar-refractivity contribution >= 4 is 5.91 Å². The number of β-amino-alcohol motifs (C(OH)–C–C–N with tert-alkyl or cyclic N) is 1. The summed E-state index contributed by atoms with van der Waals surface area (Å²) in [6.45, 7) is 5.24. The lowest BCUT2D eigenvalue weighted by molar-refractivity contribution is -0.129. The Morgan fingerprint density at radius 1 is 1.14 bits per heavy atom. The molecule has 2 N–H and O–H groups in total. The normalized spacial score (nSPS) is 28.0. The molecule has 0 spiro atoms. The fourth-order valence-electron chi connectivity index (χ4n) is 3.69. The van der Waals surface area contributed by atoms with Gasteiger partial charge in [0, 0.05) is 52.2 Å². The largest absolute Gasteiger partial charge is 0.396 e. The molecule has 2 rings (SSSR count). The highest BCUT2D eigenvalue weighted by molar-refractivity contribution is 5.73. The zero-order valence-corrected chi connectivity index (χ0v) is 13.3. The summed E-state index contributed by atoms with van der Waals surface area (Å²) in [4.78, 5) is 15.7. The number of nitrogens with zero attached hydrogens (tertiary/aromatic N) is 2. The third kappa shape index (κ3) is 4.94. The van der Waals surface area contributed by atoms with Gasteiger partial charge in [-0.3, -0.25) is 9.69 Å². The maximum atomic E-state index is 11.6. The van der Waals surface area contributed by atoms with Gasteiger partial charge < -0.3 is 15.1 Å². The van der Waals surface area contributed by atoms with Crippen molar-refractivity contribution in [1.29, 1.82) is 0 Å². The van der Waals surface area contributed by atoms with E-state index in [0.29, 0.717) is 19.6 Å². The Hall–Kier alpha value is -0.650. The van der Waals surface area contributed by atoms with Crippen LogP contribution in [0.5, 0.6) is 0 Å². The van der Waals surface area contributed by atoms with Crippen LogP contribution in [0.2, 0.25) is 0 Å². The van der Waals surface area contributed by atoms with Crippen molar-refractivity contribution in [1.82, 2.24) is 9.80 Å². The molecule has 1 heterocycles. The number of carbonyl (C=O) groups excluding carboxylic acids is 1. The number of hydrogen-bond donors (Lipinski definition) is 2. The Balaban J connectivity index is 1.96. The first-order chi connectivity index (χ1) is 10.0. The maximum absolute atomic E-state index is 11.6. The number of aliphatic hydroxyl groups is 2. The molecule has 1 amide bonds. The Kier molecular flexibility index (Phi) is 6.02. The first kappa shape index (κ1) is 16.7. The second-order valence-electron chi connectivity index (χ2n) is 6.89. The van der Waals surface area contributed by atoms with Crippen molar-refractivity contribution < 1.29 is 15.0 Å². The van der Waals surface area contributed by atoms with E-state index in [1.54, 1.807) is 6.92 Å². The molecule has 1 aliphatic heterocycles. The Morgan fingerprint density at radius 3 is 2.38 bits per heavy atom. The lowest BCUT2D eigenvalue weighted by Gasteiger charge is -2.34. The second kappa shape index (κ2) is 7.56.